The summed E-state index contributed by atoms with van der Waals surface area (Å²) in [4.78, 5) is 0. The van der Waals surface area contributed by atoms with Gasteiger partial charge in [0, 0.05) is 0 Å². The van der Waals surface area contributed by atoms with Crippen molar-refractivity contribution in [2.24, 2.45) is 57.2 Å². The van der Waals surface area contributed by atoms with E-state index in [2.05, 4.69) is 55.4 Å². The highest BCUT2D eigenvalue weighted by atomic mass is 16.8. The van der Waals surface area contributed by atoms with E-state index >= 15 is 0 Å². The van der Waals surface area contributed by atoms with E-state index in [0.29, 0.717) is 24.7 Å². The van der Waals surface area contributed by atoms with Gasteiger partial charge in [0.2, 0.25) is 0 Å². The molecule has 0 spiro atoms. The van der Waals surface area contributed by atoms with Crippen LogP contribution in [0.2, 0.25) is 0 Å². The fraction of sp³-hybridized carbons (Fsp3) is 0.958. The molecule has 7 fully saturated rings. The molecule has 0 aromatic carbocycles. The van der Waals surface area contributed by atoms with Crippen LogP contribution in [0.3, 0.4) is 0 Å². The lowest BCUT2D eigenvalue weighted by molar-refractivity contribution is -0.388. The number of aliphatic hydroxyl groups is 10. The highest BCUT2D eigenvalue weighted by molar-refractivity contribution is 5.42. The highest BCUT2D eigenvalue weighted by Crippen LogP contribution is 2.75. The van der Waals surface area contributed by atoms with Crippen molar-refractivity contribution < 1.29 is 79.5 Å². The van der Waals surface area contributed by atoms with Crippen LogP contribution in [0.5, 0.6) is 0 Å². The molecule has 0 amide bonds. The lowest BCUT2D eigenvalue weighted by Gasteiger charge is -2.71. The average Bonchev–Trinajstić information content (AvgIpc) is 3.24. The summed E-state index contributed by atoms with van der Waals surface area (Å²) in [6.45, 7) is 20.8. The van der Waals surface area contributed by atoms with Gasteiger partial charge in [0.05, 0.1) is 37.1 Å². The van der Waals surface area contributed by atoms with E-state index in [1.54, 1.807) is 0 Å². The number of fused-ring (bicyclic) bond motifs is 6. The van der Waals surface area contributed by atoms with Gasteiger partial charge < -0.3 is 79.5 Å². The van der Waals surface area contributed by atoms with E-state index in [0.717, 1.165) is 43.3 Å². The third-order valence-corrected chi connectivity index (χ3v) is 19.9. The first-order chi connectivity index (χ1) is 29.8. The summed E-state index contributed by atoms with van der Waals surface area (Å²) in [6.07, 6.45) is -16.4. The third kappa shape index (κ3) is 7.37. The van der Waals surface area contributed by atoms with Gasteiger partial charge in [-0.1, -0.05) is 55.4 Å². The monoisotopic (exact) mass is 913 g/mol. The van der Waals surface area contributed by atoms with Crippen LogP contribution in [-0.4, -0.2) is 168 Å². The zero-order valence-corrected chi connectivity index (χ0v) is 39.5. The molecule has 4 unspecified atom stereocenters. The number of hydrogen-bond acceptors (Lipinski definition) is 16. The topological polar surface area (TPSA) is 258 Å². The van der Waals surface area contributed by atoms with Crippen LogP contribution < -0.4 is 0 Å². The van der Waals surface area contributed by atoms with E-state index in [1.165, 1.54) is 6.92 Å². The second-order valence-electron chi connectivity index (χ2n) is 23.1. The fourth-order valence-corrected chi connectivity index (χ4v) is 15.4. The third-order valence-electron chi connectivity index (χ3n) is 19.9. The molecule has 0 radical (unpaired) electrons. The zero-order chi connectivity index (χ0) is 47.0. The number of rotatable bonds is 7. The zero-order valence-electron chi connectivity index (χ0n) is 39.5. The Balaban J connectivity index is 1.08. The molecule has 5 aliphatic carbocycles. The average molecular weight is 913 g/mol. The van der Waals surface area contributed by atoms with Crippen molar-refractivity contribution in [2.45, 2.75) is 218 Å². The molecule has 16 nitrogen and oxygen atoms in total. The van der Waals surface area contributed by atoms with Crippen molar-refractivity contribution in [1.82, 2.24) is 0 Å². The van der Waals surface area contributed by atoms with Crippen LogP contribution in [0.1, 0.15) is 114 Å². The van der Waals surface area contributed by atoms with Crippen molar-refractivity contribution in [3.05, 3.63) is 11.1 Å². The quantitative estimate of drug-likeness (QED) is 0.128. The lowest BCUT2D eigenvalue weighted by Crippen LogP contribution is -2.67. The molecule has 3 heterocycles. The summed E-state index contributed by atoms with van der Waals surface area (Å²) in [7, 11) is 0. The summed E-state index contributed by atoms with van der Waals surface area (Å²) in [5.74, 6) is 1.38. The molecule has 3 aliphatic heterocycles. The van der Waals surface area contributed by atoms with Crippen molar-refractivity contribution >= 4 is 0 Å². The minimum Gasteiger partial charge on any atom is -0.394 e. The Kier molecular flexibility index (Phi) is 13.3. The van der Waals surface area contributed by atoms with Crippen LogP contribution in [0, 0.1) is 57.2 Å². The molecule has 4 saturated carbocycles. The van der Waals surface area contributed by atoms with Gasteiger partial charge in [0.15, 0.2) is 18.9 Å². The predicted molar refractivity (Wildman–Crippen MR) is 229 cm³/mol. The van der Waals surface area contributed by atoms with Gasteiger partial charge >= 0.3 is 0 Å². The predicted octanol–water partition coefficient (Wildman–Crippen LogP) is 1.50. The molecule has 3 saturated heterocycles. The largest absolute Gasteiger partial charge is 0.394 e. The van der Waals surface area contributed by atoms with Gasteiger partial charge in [0.1, 0.15) is 61.0 Å². The SMILES string of the molecule is C[C@@H]1[C@@H](C)[C@@](C)(O)C2=C3[C@@H](O)CC4[C@@]5(C)CCC(O[C@@H]6OC[C@H](O)[C@H](O[C@@H]7O[C@H](CO)[C@@H](O)[C@H](O)[C@H]7O)[C@H]6O[C@@H]6O[C@@H](C)[C@@H](O)[C@@H](O)[C@H]6O)C(C)(C)C5CC[C@@]4(C)[C@]3(C)CCC2[C@@H]1C. The highest BCUT2D eigenvalue weighted by Gasteiger charge is 2.70. The molecule has 8 rings (SSSR count). The van der Waals surface area contributed by atoms with Crippen molar-refractivity contribution in [2.75, 3.05) is 13.2 Å². The van der Waals surface area contributed by atoms with Crippen LogP contribution in [0.4, 0.5) is 0 Å². The van der Waals surface area contributed by atoms with Gasteiger partial charge in [-0.25, -0.2) is 0 Å². The Bertz CT molecular complexity index is 1730. The molecular formula is C48H80O16. The first-order valence-electron chi connectivity index (χ1n) is 24.2. The smallest absolute Gasteiger partial charge is 0.187 e. The van der Waals surface area contributed by atoms with Gasteiger partial charge in [-0.3, -0.25) is 0 Å². The minimum atomic E-state index is -1.80. The number of hydrogen-bond donors (Lipinski definition) is 10. The fourth-order valence-electron chi connectivity index (χ4n) is 15.4. The molecular weight excluding hydrogens is 833 g/mol. The Morgan fingerprint density at radius 1 is 0.625 bits per heavy atom. The number of ether oxygens (including phenoxy) is 6. The van der Waals surface area contributed by atoms with Crippen LogP contribution in [-0.2, 0) is 28.4 Å². The normalized spacial score (nSPS) is 57.6. The molecule has 8 aliphatic rings. The maximum Gasteiger partial charge on any atom is 0.187 e. The van der Waals surface area contributed by atoms with E-state index in [4.69, 9.17) is 28.4 Å². The second-order valence-corrected chi connectivity index (χ2v) is 23.1. The Morgan fingerprint density at radius 3 is 1.91 bits per heavy atom. The van der Waals surface area contributed by atoms with Gasteiger partial charge in [-0.2, -0.15) is 0 Å². The van der Waals surface area contributed by atoms with Crippen molar-refractivity contribution in [3.63, 3.8) is 0 Å². The van der Waals surface area contributed by atoms with E-state index in [-0.39, 0.29) is 46.5 Å². The molecule has 368 valence electrons. The van der Waals surface area contributed by atoms with E-state index < -0.39 is 116 Å². The van der Waals surface area contributed by atoms with Crippen LogP contribution >= 0.6 is 0 Å². The second kappa shape index (κ2) is 17.2. The molecule has 0 aromatic heterocycles. The number of aliphatic hydroxyl groups excluding tert-OH is 9. The molecule has 16 heteroatoms. The Labute approximate surface area is 378 Å². The van der Waals surface area contributed by atoms with Crippen molar-refractivity contribution in [1.29, 1.82) is 0 Å². The maximum absolute atomic E-state index is 12.5. The van der Waals surface area contributed by atoms with Gasteiger partial charge in [-0.05, 0) is 127 Å². The van der Waals surface area contributed by atoms with Crippen LogP contribution in [0.25, 0.3) is 0 Å². The minimum absolute atomic E-state index is 0.0601. The molecule has 26 atom stereocenters. The summed E-state index contributed by atoms with van der Waals surface area (Å²) >= 11 is 0. The molecule has 10 N–H and O–H groups in total. The van der Waals surface area contributed by atoms with E-state index in [9.17, 15) is 51.1 Å². The standard InChI is InChI=1S/C48H80O16/c1-20-21(2)24-11-15-47(9)32(31(24)48(10,58)22(20)3)25(50)17-29-45(7)14-13-30(44(5,6)28(45)12-16-46(29,47)8)62-43-40(64-41-37(56)35(54)33(52)23(4)60-41)39(26(51)19-59-43)63-42-38(57)36(55)34(53)27(18-49)61-42/h20-30,33-43,49-58H,11-19H2,1-10H3/t20-,21+,22+,23-,24?,25-,26-,27+,28?,29?,30?,33+,34+,35+,36-,37+,38+,39-,40+,41-,42-,43-,45-,46+,47+,48+/m0/s1. The van der Waals surface area contributed by atoms with Gasteiger partial charge in [0.25, 0.3) is 0 Å². The lowest BCUT2D eigenvalue weighted by atomic mass is 9.34. The maximum atomic E-state index is 12.5. The Hall–Kier alpha value is -0.900. The van der Waals surface area contributed by atoms with Crippen LogP contribution in [0.15, 0.2) is 11.1 Å². The molecule has 0 aromatic rings. The summed E-state index contributed by atoms with van der Waals surface area (Å²) in [6, 6.07) is 0. The summed E-state index contributed by atoms with van der Waals surface area (Å²) < 4.78 is 37.2. The Morgan fingerprint density at radius 2 is 1.25 bits per heavy atom. The van der Waals surface area contributed by atoms with Gasteiger partial charge in [-0.15, -0.1) is 0 Å². The van der Waals surface area contributed by atoms with E-state index in [1.807, 2.05) is 6.92 Å². The molecule has 64 heavy (non-hydrogen) atoms. The summed E-state index contributed by atoms with van der Waals surface area (Å²) in [5, 5.41) is 110. The first-order valence-corrected chi connectivity index (χ1v) is 24.2. The first kappa shape index (κ1) is 49.5. The summed E-state index contributed by atoms with van der Waals surface area (Å²) in [5.41, 5.74) is 0.0766. The molecule has 0 bridgehead atoms. The van der Waals surface area contributed by atoms with Crippen molar-refractivity contribution in [3.8, 4) is 0 Å².